The first-order chi connectivity index (χ1) is 11.1. The van der Waals surface area contributed by atoms with Gasteiger partial charge in [0.05, 0.1) is 0 Å². The van der Waals surface area contributed by atoms with Gasteiger partial charge < -0.3 is 10.5 Å². The smallest absolute Gasteiger partial charge is 0.265 e. The first-order valence-electron chi connectivity index (χ1n) is 7.45. The molecule has 0 fully saturated rings. The normalized spacial score (nSPS) is 16.0. The fourth-order valence-electron chi connectivity index (χ4n) is 2.84. The van der Waals surface area contributed by atoms with Crippen LogP contribution in [0.25, 0.3) is 0 Å². The minimum atomic E-state index is -0.652. The molecule has 0 unspecified atom stereocenters. The van der Waals surface area contributed by atoms with E-state index in [0.717, 1.165) is 16.8 Å². The maximum absolute atomic E-state index is 12.6. The van der Waals surface area contributed by atoms with E-state index in [-0.39, 0.29) is 12.5 Å². The molecule has 1 heterocycles. The van der Waals surface area contributed by atoms with Crippen LogP contribution in [0.15, 0.2) is 48.5 Å². The second-order valence-electron chi connectivity index (χ2n) is 5.62. The van der Waals surface area contributed by atoms with Crippen molar-refractivity contribution in [3.8, 4) is 5.75 Å². The van der Waals surface area contributed by atoms with E-state index in [1.165, 1.54) is 4.90 Å². The maximum atomic E-state index is 12.6. The minimum absolute atomic E-state index is 0.137. The van der Waals surface area contributed by atoms with E-state index in [2.05, 4.69) is 0 Å². The van der Waals surface area contributed by atoms with Gasteiger partial charge in [0.1, 0.15) is 11.8 Å². The SMILES string of the molecule is Cc1cccc(OCC(=O)N2c3ccccc3C[C@H]2C(N)=O)c1. The number of hydrogen-bond acceptors (Lipinski definition) is 3. The highest BCUT2D eigenvalue weighted by atomic mass is 16.5. The standard InChI is InChI=1S/C18H18N2O3/c1-12-5-4-7-14(9-12)23-11-17(21)20-15-8-3-2-6-13(15)10-16(20)18(19)22/h2-9,16H,10-11H2,1H3,(H2,19,22)/t16-/m0/s1. The fraction of sp³-hybridized carbons (Fsp3) is 0.222. The summed E-state index contributed by atoms with van der Waals surface area (Å²) in [5.41, 5.74) is 8.19. The number of anilines is 1. The van der Waals surface area contributed by atoms with Crippen molar-refractivity contribution in [1.82, 2.24) is 0 Å². The number of nitrogens with two attached hydrogens (primary N) is 1. The highest BCUT2D eigenvalue weighted by Gasteiger charge is 2.37. The molecule has 0 bridgehead atoms. The lowest BCUT2D eigenvalue weighted by Gasteiger charge is -2.23. The van der Waals surface area contributed by atoms with Crippen molar-refractivity contribution in [2.75, 3.05) is 11.5 Å². The molecule has 0 spiro atoms. The number of carbonyl (C=O) groups excluding carboxylic acids is 2. The van der Waals surface area contributed by atoms with Gasteiger partial charge in [-0.05, 0) is 36.2 Å². The summed E-state index contributed by atoms with van der Waals surface area (Å²) in [6, 6.07) is 14.3. The van der Waals surface area contributed by atoms with Crippen molar-refractivity contribution in [1.29, 1.82) is 0 Å². The summed E-state index contributed by atoms with van der Waals surface area (Å²) in [4.78, 5) is 25.7. The number of rotatable bonds is 4. The molecule has 2 aromatic carbocycles. The van der Waals surface area contributed by atoms with Crippen molar-refractivity contribution >= 4 is 17.5 Å². The zero-order valence-electron chi connectivity index (χ0n) is 12.9. The van der Waals surface area contributed by atoms with Gasteiger partial charge in [0.2, 0.25) is 5.91 Å². The van der Waals surface area contributed by atoms with Crippen LogP contribution in [0.1, 0.15) is 11.1 Å². The van der Waals surface area contributed by atoms with E-state index in [1.807, 2.05) is 49.4 Å². The summed E-state index contributed by atoms with van der Waals surface area (Å²) in [5.74, 6) is -0.160. The predicted molar refractivity (Wildman–Crippen MR) is 87.3 cm³/mol. The van der Waals surface area contributed by atoms with Crippen LogP contribution in [0.5, 0.6) is 5.75 Å². The maximum Gasteiger partial charge on any atom is 0.265 e. The van der Waals surface area contributed by atoms with Crippen molar-refractivity contribution in [3.63, 3.8) is 0 Å². The highest BCUT2D eigenvalue weighted by molar-refractivity contribution is 6.03. The minimum Gasteiger partial charge on any atom is -0.484 e. The van der Waals surface area contributed by atoms with E-state index >= 15 is 0 Å². The molecular weight excluding hydrogens is 292 g/mol. The van der Waals surface area contributed by atoms with Crippen LogP contribution in [0, 0.1) is 6.92 Å². The molecule has 2 amide bonds. The molecule has 0 saturated carbocycles. The number of benzene rings is 2. The molecule has 0 saturated heterocycles. The van der Waals surface area contributed by atoms with Gasteiger partial charge in [0.15, 0.2) is 6.61 Å². The monoisotopic (exact) mass is 310 g/mol. The summed E-state index contributed by atoms with van der Waals surface area (Å²) in [7, 11) is 0. The van der Waals surface area contributed by atoms with Crippen LogP contribution >= 0.6 is 0 Å². The molecule has 0 radical (unpaired) electrons. The molecule has 2 N–H and O–H groups in total. The summed E-state index contributed by atoms with van der Waals surface area (Å²) in [5, 5.41) is 0. The summed E-state index contributed by atoms with van der Waals surface area (Å²) < 4.78 is 5.56. The third-order valence-corrected chi connectivity index (χ3v) is 3.93. The highest BCUT2D eigenvalue weighted by Crippen LogP contribution is 2.32. The lowest BCUT2D eigenvalue weighted by molar-refractivity contribution is -0.125. The Morgan fingerprint density at radius 2 is 2.00 bits per heavy atom. The van der Waals surface area contributed by atoms with Gasteiger partial charge in [-0.1, -0.05) is 30.3 Å². The van der Waals surface area contributed by atoms with Crippen molar-refractivity contribution < 1.29 is 14.3 Å². The Balaban J connectivity index is 1.78. The van der Waals surface area contributed by atoms with Crippen LogP contribution in [-0.2, 0) is 16.0 Å². The van der Waals surface area contributed by atoms with E-state index in [4.69, 9.17) is 10.5 Å². The molecule has 1 aliphatic heterocycles. The Morgan fingerprint density at radius 3 is 2.74 bits per heavy atom. The van der Waals surface area contributed by atoms with Gasteiger partial charge in [0.25, 0.3) is 5.91 Å². The second kappa shape index (κ2) is 6.12. The number of carbonyl (C=O) groups is 2. The Labute approximate surface area is 134 Å². The van der Waals surface area contributed by atoms with E-state index < -0.39 is 11.9 Å². The molecular formula is C18H18N2O3. The quantitative estimate of drug-likeness (QED) is 0.936. The van der Waals surface area contributed by atoms with E-state index in [9.17, 15) is 9.59 Å². The Morgan fingerprint density at radius 1 is 1.22 bits per heavy atom. The molecule has 2 aromatic rings. The summed E-state index contributed by atoms with van der Waals surface area (Å²) >= 11 is 0. The lowest BCUT2D eigenvalue weighted by atomic mass is 10.1. The first kappa shape index (κ1) is 15.1. The van der Waals surface area contributed by atoms with Gasteiger partial charge in [-0.3, -0.25) is 14.5 Å². The number of para-hydroxylation sites is 1. The van der Waals surface area contributed by atoms with Crippen LogP contribution < -0.4 is 15.4 Å². The molecule has 5 nitrogen and oxygen atoms in total. The number of ether oxygens (including phenoxy) is 1. The van der Waals surface area contributed by atoms with E-state index in [0.29, 0.717) is 12.2 Å². The largest absolute Gasteiger partial charge is 0.484 e. The number of hydrogen-bond donors (Lipinski definition) is 1. The molecule has 0 aromatic heterocycles. The molecule has 0 aliphatic carbocycles. The van der Waals surface area contributed by atoms with Gasteiger partial charge >= 0.3 is 0 Å². The predicted octanol–water partition coefficient (Wildman–Crippen LogP) is 1.82. The zero-order chi connectivity index (χ0) is 16.4. The van der Waals surface area contributed by atoms with Gasteiger partial charge in [0, 0.05) is 12.1 Å². The second-order valence-corrected chi connectivity index (χ2v) is 5.62. The first-order valence-corrected chi connectivity index (χ1v) is 7.45. The number of aryl methyl sites for hydroxylation is 1. The average molecular weight is 310 g/mol. The molecule has 5 heteroatoms. The van der Waals surface area contributed by atoms with Crippen LogP contribution in [-0.4, -0.2) is 24.5 Å². The van der Waals surface area contributed by atoms with Crippen molar-refractivity contribution in [2.24, 2.45) is 5.73 Å². The molecule has 23 heavy (non-hydrogen) atoms. The van der Waals surface area contributed by atoms with Gasteiger partial charge in [-0.15, -0.1) is 0 Å². The van der Waals surface area contributed by atoms with Crippen LogP contribution in [0.2, 0.25) is 0 Å². The molecule has 3 rings (SSSR count). The number of amides is 2. The number of fused-ring (bicyclic) bond motifs is 1. The fourth-order valence-corrected chi connectivity index (χ4v) is 2.84. The van der Waals surface area contributed by atoms with Crippen LogP contribution in [0.3, 0.4) is 0 Å². The third-order valence-electron chi connectivity index (χ3n) is 3.93. The molecule has 1 atom stereocenters. The average Bonchev–Trinajstić information content (AvgIpc) is 2.92. The van der Waals surface area contributed by atoms with Gasteiger partial charge in [-0.25, -0.2) is 0 Å². The Kier molecular flexibility index (Phi) is 4.02. The topological polar surface area (TPSA) is 72.6 Å². The number of nitrogens with zero attached hydrogens (tertiary/aromatic N) is 1. The Bertz CT molecular complexity index is 757. The van der Waals surface area contributed by atoms with Gasteiger partial charge in [-0.2, -0.15) is 0 Å². The lowest BCUT2D eigenvalue weighted by Crippen LogP contribution is -2.47. The molecule has 1 aliphatic rings. The summed E-state index contributed by atoms with van der Waals surface area (Å²) in [6.45, 7) is 1.82. The van der Waals surface area contributed by atoms with Crippen molar-refractivity contribution in [2.45, 2.75) is 19.4 Å². The Hall–Kier alpha value is -2.82. The van der Waals surface area contributed by atoms with E-state index in [1.54, 1.807) is 6.07 Å². The molecule has 118 valence electrons. The zero-order valence-corrected chi connectivity index (χ0v) is 12.9. The summed E-state index contributed by atoms with van der Waals surface area (Å²) in [6.07, 6.45) is 0.446. The van der Waals surface area contributed by atoms with Crippen molar-refractivity contribution in [3.05, 3.63) is 59.7 Å². The number of primary amides is 1. The third kappa shape index (κ3) is 3.04. The van der Waals surface area contributed by atoms with Crippen LogP contribution in [0.4, 0.5) is 5.69 Å².